The molecule has 7 heteroatoms. The van der Waals surface area contributed by atoms with Gasteiger partial charge in [0.15, 0.2) is 0 Å². The number of nitrogens with two attached hydrogens (primary N) is 1. The zero-order chi connectivity index (χ0) is 11.8. The minimum Gasteiger partial charge on any atom is -0.465 e. The molecule has 0 aliphatic rings. The molecule has 0 saturated heterocycles. The van der Waals surface area contributed by atoms with Gasteiger partial charge >= 0.3 is 12.0 Å². The average molecular weight is 217 g/mol. The molecule has 0 rings (SSSR count). The van der Waals surface area contributed by atoms with Crippen LogP contribution in [0.4, 0.5) is 4.79 Å². The number of primary amides is 1. The summed E-state index contributed by atoms with van der Waals surface area (Å²) in [6.45, 7) is 1.87. The molecular weight excluding hydrogens is 202 g/mol. The molecule has 0 radical (unpaired) electrons. The Morgan fingerprint density at radius 3 is 2.40 bits per heavy atom. The van der Waals surface area contributed by atoms with Gasteiger partial charge in [-0.25, -0.2) is 4.79 Å². The van der Waals surface area contributed by atoms with Gasteiger partial charge in [0.25, 0.3) is 0 Å². The minimum absolute atomic E-state index is 0.0139. The van der Waals surface area contributed by atoms with Gasteiger partial charge in [-0.2, -0.15) is 0 Å². The summed E-state index contributed by atoms with van der Waals surface area (Å²) >= 11 is 0. The second-order valence-electron chi connectivity index (χ2n) is 2.89. The Bertz CT molecular complexity index is 254. The van der Waals surface area contributed by atoms with Crippen molar-refractivity contribution in [3.8, 4) is 0 Å². The summed E-state index contributed by atoms with van der Waals surface area (Å²) in [6, 6.07) is -0.912. The highest BCUT2D eigenvalue weighted by atomic mass is 16.5. The van der Waals surface area contributed by atoms with Gasteiger partial charge in [0, 0.05) is 0 Å². The molecule has 3 amide bonds. The molecule has 0 aliphatic heterocycles. The van der Waals surface area contributed by atoms with Gasteiger partial charge in [-0.1, -0.05) is 0 Å². The molecule has 0 aliphatic carbocycles. The molecule has 0 aromatic heterocycles. The largest absolute Gasteiger partial charge is 0.465 e. The van der Waals surface area contributed by atoms with E-state index in [0.29, 0.717) is 6.61 Å². The van der Waals surface area contributed by atoms with E-state index in [-0.39, 0.29) is 13.1 Å². The van der Waals surface area contributed by atoms with E-state index in [9.17, 15) is 14.4 Å². The average Bonchev–Trinajstić information content (AvgIpc) is 2.00. The summed E-state index contributed by atoms with van der Waals surface area (Å²) in [4.78, 5) is 33.7. The SMILES string of the molecule is CCOC(=O)CN(C)CC(=O)NC(N)=O. The van der Waals surface area contributed by atoms with Gasteiger partial charge in [0.2, 0.25) is 5.91 Å². The quantitative estimate of drug-likeness (QED) is 0.556. The van der Waals surface area contributed by atoms with Crippen molar-refractivity contribution in [2.45, 2.75) is 6.92 Å². The number of likely N-dealkylation sites (N-methyl/N-ethyl adjacent to an activating group) is 1. The molecule has 0 bridgehead atoms. The van der Waals surface area contributed by atoms with Gasteiger partial charge in [-0.15, -0.1) is 0 Å². The summed E-state index contributed by atoms with van der Waals surface area (Å²) in [6.07, 6.45) is 0. The maximum Gasteiger partial charge on any atom is 0.320 e. The zero-order valence-electron chi connectivity index (χ0n) is 8.78. The fraction of sp³-hybridized carbons (Fsp3) is 0.625. The minimum atomic E-state index is -0.912. The van der Waals surface area contributed by atoms with E-state index >= 15 is 0 Å². The van der Waals surface area contributed by atoms with Crippen molar-refractivity contribution in [3.63, 3.8) is 0 Å². The number of nitrogens with one attached hydrogen (secondary N) is 1. The fourth-order valence-corrected chi connectivity index (χ4v) is 0.905. The van der Waals surface area contributed by atoms with Crippen molar-refractivity contribution >= 4 is 17.9 Å². The highest BCUT2D eigenvalue weighted by molar-refractivity contribution is 5.94. The molecule has 7 nitrogen and oxygen atoms in total. The second-order valence-corrected chi connectivity index (χ2v) is 2.89. The molecule has 0 fully saturated rings. The molecule has 15 heavy (non-hydrogen) atoms. The second kappa shape index (κ2) is 6.77. The number of hydrogen-bond donors (Lipinski definition) is 2. The number of carbonyl (C=O) groups is 3. The zero-order valence-corrected chi connectivity index (χ0v) is 8.78. The van der Waals surface area contributed by atoms with E-state index in [2.05, 4.69) is 4.74 Å². The summed E-state index contributed by atoms with van der Waals surface area (Å²) in [5, 5.41) is 1.89. The molecule has 0 saturated carbocycles. The van der Waals surface area contributed by atoms with Crippen molar-refractivity contribution in [1.29, 1.82) is 0 Å². The summed E-state index contributed by atoms with van der Waals surface area (Å²) < 4.78 is 4.67. The summed E-state index contributed by atoms with van der Waals surface area (Å²) in [5.41, 5.74) is 4.74. The molecule has 0 atom stereocenters. The molecule has 0 aromatic carbocycles. The number of esters is 1. The van der Waals surface area contributed by atoms with Gasteiger partial charge in [0.1, 0.15) is 0 Å². The molecule has 0 spiro atoms. The van der Waals surface area contributed by atoms with Crippen LogP contribution in [0, 0.1) is 0 Å². The van der Waals surface area contributed by atoms with Gasteiger partial charge in [-0.3, -0.25) is 19.8 Å². The van der Waals surface area contributed by atoms with Crippen molar-refractivity contribution in [2.24, 2.45) is 5.73 Å². The van der Waals surface area contributed by atoms with Crippen LogP contribution in [0.5, 0.6) is 0 Å². The Balaban J connectivity index is 3.82. The third-order valence-corrected chi connectivity index (χ3v) is 1.38. The third kappa shape index (κ3) is 7.44. The third-order valence-electron chi connectivity index (χ3n) is 1.38. The van der Waals surface area contributed by atoms with E-state index in [4.69, 9.17) is 5.73 Å². The first-order valence-corrected chi connectivity index (χ1v) is 4.39. The Morgan fingerprint density at radius 1 is 1.33 bits per heavy atom. The highest BCUT2D eigenvalue weighted by Crippen LogP contribution is 1.85. The van der Waals surface area contributed by atoms with Crippen LogP contribution in [0.2, 0.25) is 0 Å². The lowest BCUT2D eigenvalue weighted by Gasteiger charge is -2.13. The van der Waals surface area contributed by atoms with Crippen LogP contribution in [-0.4, -0.2) is 49.6 Å². The Morgan fingerprint density at radius 2 is 1.93 bits per heavy atom. The maximum atomic E-state index is 11.0. The molecule has 0 unspecified atom stereocenters. The summed E-state index contributed by atoms with van der Waals surface area (Å²) in [5.74, 6) is -0.985. The number of rotatable bonds is 5. The number of imide groups is 1. The first-order valence-electron chi connectivity index (χ1n) is 4.39. The van der Waals surface area contributed by atoms with Crippen LogP contribution < -0.4 is 11.1 Å². The van der Waals surface area contributed by atoms with Crippen LogP contribution in [0.3, 0.4) is 0 Å². The van der Waals surface area contributed by atoms with Crippen molar-refractivity contribution in [3.05, 3.63) is 0 Å². The lowest BCUT2D eigenvalue weighted by molar-refractivity contribution is -0.144. The first kappa shape index (κ1) is 13.4. The monoisotopic (exact) mass is 217 g/mol. The molecule has 3 N–H and O–H groups in total. The van der Waals surface area contributed by atoms with Crippen molar-refractivity contribution < 1.29 is 19.1 Å². The van der Waals surface area contributed by atoms with Crippen LogP contribution in [-0.2, 0) is 14.3 Å². The number of amides is 3. The normalized spacial score (nSPS) is 9.80. The van der Waals surface area contributed by atoms with E-state index in [0.717, 1.165) is 0 Å². The molecule has 86 valence electrons. The van der Waals surface area contributed by atoms with Crippen LogP contribution in [0.15, 0.2) is 0 Å². The van der Waals surface area contributed by atoms with Crippen LogP contribution >= 0.6 is 0 Å². The van der Waals surface area contributed by atoms with Gasteiger partial charge in [-0.05, 0) is 14.0 Å². The number of ether oxygens (including phenoxy) is 1. The van der Waals surface area contributed by atoms with Crippen LogP contribution in [0.25, 0.3) is 0 Å². The standard InChI is InChI=1S/C8H15N3O4/c1-3-15-7(13)5-11(2)4-6(12)10-8(9)14/h3-5H2,1-2H3,(H3,9,10,12,14). The lowest BCUT2D eigenvalue weighted by atomic mass is 10.5. The first-order chi connectivity index (χ1) is 6.95. The maximum absolute atomic E-state index is 11.0. The Kier molecular flexibility index (Phi) is 6.03. The Labute approximate surface area is 87.5 Å². The smallest absolute Gasteiger partial charge is 0.320 e. The van der Waals surface area contributed by atoms with Crippen molar-refractivity contribution in [2.75, 3.05) is 26.7 Å². The van der Waals surface area contributed by atoms with Gasteiger partial charge < -0.3 is 10.5 Å². The van der Waals surface area contributed by atoms with E-state index in [1.165, 1.54) is 4.90 Å². The molecule has 0 heterocycles. The summed E-state index contributed by atoms with van der Waals surface area (Å²) in [7, 11) is 1.55. The van der Waals surface area contributed by atoms with E-state index in [1.807, 2.05) is 5.32 Å². The predicted octanol–water partition coefficient (Wildman–Crippen LogP) is -1.32. The van der Waals surface area contributed by atoms with E-state index in [1.54, 1.807) is 14.0 Å². The topological polar surface area (TPSA) is 102 Å². The highest BCUT2D eigenvalue weighted by Gasteiger charge is 2.11. The number of urea groups is 1. The van der Waals surface area contributed by atoms with Gasteiger partial charge in [0.05, 0.1) is 19.7 Å². The Hall–Kier alpha value is -1.63. The number of nitrogens with zero attached hydrogens (tertiary/aromatic N) is 1. The molecule has 0 aromatic rings. The lowest BCUT2D eigenvalue weighted by Crippen LogP contribution is -2.42. The molecular formula is C8H15N3O4. The number of hydrogen-bond acceptors (Lipinski definition) is 5. The van der Waals surface area contributed by atoms with Crippen LogP contribution in [0.1, 0.15) is 6.92 Å². The predicted molar refractivity (Wildman–Crippen MR) is 51.9 cm³/mol. The number of carbonyl (C=O) groups excluding carboxylic acids is 3. The van der Waals surface area contributed by atoms with Crippen molar-refractivity contribution in [1.82, 2.24) is 10.2 Å². The van der Waals surface area contributed by atoms with E-state index < -0.39 is 17.9 Å². The fourth-order valence-electron chi connectivity index (χ4n) is 0.905.